The normalized spacial score (nSPS) is 34.3. The molecular formula is C24H46O2. The molecule has 0 bridgehead atoms. The quantitative estimate of drug-likeness (QED) is 0.511. The minimum absolute atomic E-state index is 0.303. The highest BCUT2D eigenvalue weighted by Gasteiger charge is 2.37. The minimum atomic E-state index is 0.303. The van der Waals surface area contributed by atoms with Gasteiger partial charge in [-0.3, -0.25) is 0 Å². The van der Waals surface area contributed by atoms with Gasteiger partial charge in [-0.25, -0.2) is 0 Å². The molecule has 0 saturated heterocycles. The van der Waals surface area contributed by atoms with Gasteiger partial charge >= 0.3 is 0 Å². The Hall–Kier alpha value is -0.0800. The van der Waals surface area contributed by atoms with Crippen molar-refractivity contribution in [2.75, 3.05) is 6.61 Å². The van der Waals surface area contributed by atoms with Crippen molar-refractivity contribution in [3.8, 4) is 0 Å². The fourth-order valence-corrected chi connectivity index (χ4v) is 5.21. The molecule has 0 aromatic carbocycles. The fourth-order valence-electron chi connectivity index (χ4n) is 5.21. The molecule has 0 aromatic heterocycles. The van der Waals surface area contributed by atoms with Crippen LogP contribution in [0.25, 0.3) is 0 Å². The van der Waals surface area contributed by atoms with Gasteiger partial charge in [-0.15, -0.1) is 0 Å². The van der Waals surface area contributed by atoms with Crippen LogP contribution >= 0.6 is 0 Å². The van der Waals surface area contributed by atoms with E-state index >= 15 is 0 Å². The molecule has 0 aliphatic heterocycles. The molecule has 3 atom stereocenters. The monoisotopic (exact) mass is 366 g/mol. The van der Waals surface area contributed by atoms with Crippen LogP contribution in [0.4, 0.5) is 0 Å². The van der Waals surface area contributed by atoms with Gasteiger partial charge in [-0.1, -0.05) is 41.5 Å². The number of hydrogen-bond acceptors (Lipinski definition) is 2. The first-order chi connectivity index (χ1) is 12.0. The molecule has 0 N–H and O–H groups in total. The summed E-state index contributed by atoms with van der Waals surface area (Å²) in [5.41, 5.74) is 0.774. The Balaban J connectivity index is 1.77. The lowest BCUT2D eigenvalue weighted by Gasteiger charge is -2.43. The summed E-state index contributed by atoms with van der Waals surface area (Å²) < 4.78 is 12.5. The zero-order valence-electron chi connectivity index (χ0n) is 18.9. The third-order valence-corrected chi connectivity index (χ3v) is 7.24. The topological polar surface area (TPSA) is 18.5 Å². The van der Waals surface area contributed by atoms with Crippen LogP contribution in [0.15, 0.2) is 0 Å². The smallest absolute Gasteiger partial charge is 0.0606 e. The van der Waals surface area contributed by atoms with Gasteiger partial charge in [0.2, 0.25) is 0 Å². The summed E-state index contributed by atoms with van der Waals surface area (Å²) >= 11 is 0. The van der Waals surface area contributed by atoms with E-state index in [1.54, 1.807) is 0 Å². The minimum Gasteiger partial charge on any atom is -0.378 e. The van der Waals surface area contributed by atoms with E-state index in [0.717, 1.165) is 37.7 Å². The lowest BCUT2D eigenvalue weighted by molar-refractivity contribution is -0.0967. The van der Waals surface area contributed by atoms with E-state index in [1.807, 2.05) is 0 Å². The third kappa shape index (κ3) is 6.23. The molecule has 2 saturated carbocycles. The molecule has 26 heavy (non-hydrogen) atoms. The average Bonchev–Trinajstić information content (AvgIpc) is 2.54. The summed E-state index contributed by atoms with van der Waals surface area (Å²) in [6.45, 7) is 19.6. The Labute approximate surface area is 163 Å². The highest BCUT2D eigenvalue weighted by atomic mass is 16.5. The standard InChI is InChI=1S/C24H46O2/c1-17(2)26-22-14-13-21(15-18(22)3)25-16-24(7,8)20-11-9-19(10-12-20)23(4,5)6/h17-22H,9-16H2,1-8H3. The molecule has 154 valence electrons. The van der Waals surface area contributed by atoms with Crippen molar-refractivity contribution in [2.24, 2.45) is 28.6 Å². The van der Waals surface area contributed by atoms with Gasteiger partial charge in [-0.05, 0) is 87.4 Å². The highest BCUT2D eigenvalue weighted by Crippen LogP contribution is 2.45. The van der Waals surface area contributed by atoms with E-state index in [4.69, 9.17) is 9.47 Å². The predicted octanol–water partition coefficient (Wildman–Crippen LogP) is 6.86. The van der Waals surface area contributed by atoms with Crippen LogP contribution in [0.1, 0.15) is 100 Å². The van der Waals surface area contributed by atoms with Gasteiger partial charge in [0.1, 0.15) is 0 Å². The van der Waals surface area contributed by atoms with Crippen molar-refractivity contribution in [3.05, 3.63) is 0 Å². The first-order valence-electron chi connectivity index (χ1n) is 11.3. The molecule has 0 spiro atoms. The van der Waals surface area contributed by atoms with Gasteiger partial charge in [0.05, 0.1) is 24.9 Å². The van der Waals surface area contributed by atoms with Crippen molar-refractivity contribution in [1.29, 1.82) is 0 Å². The fraction of sp³-hybridized carbons (Fsp3) is 1.00. The maximum absolute atomic E-state index is 6.46. The molecule has 0 radical (unpaired) electrons. The SMILES string of the molecule is CC(C)OC1CCC(OCC(C)(C)C2CCC(C(C)(C)C)CC2)CC1C. The Kier molecular flexibility index (Phi) is 7.64. The lowest BCUT2D eigenvalue weighted by atomic mass is 9.64. The molecule has 2 aliphatic rings. The highest BCUT2D eigenvalue weighted by molar-refractivity contribution is 4.87. The molecule has 0 amide bonds. The molecule has 0 heterocycles. The Morgan fingerprint density at radius 1 is 0.846 bits per heavy atom. The average molecular weight is 367 g/mol. The zero-order chi connectivity index (χ0) is 19.5. The van der Waals surface area contributed by atoms with E-state index < -0.39 is 0 Å². The molecule has 2 heteroatoms. The van der Waals surface area contributed by atoms with E-state index in [2.05, 4.69) is 55.4 Å². The van der Waals surface area contributed by atoms with Crippen molar-refractivity contribution in [3.63, 3.8) is 0 Å². The number of ether oxygens (including phenoxy) is 2. The van der Waals surface area contributed by atoms with E-state index in [9.17, 15) is 0 Å². The van der Waals surface area contributed by atoms with Gasteiger partial charge in [0.25, 0.3) is 0 Å². The third-order valence-electron chi connectivity index (χ3n) is 7.24. The van der Waals surface area contributed by atoms with Gasteiger partial charge in [-0.2, -0.15) is 0 Å². The molecule has 2 nitrogen and oxygen atoms in total. The van der Waals surface area contributed by atoms with Crippen molar-refractivity contribution < 1.29 is 9.47 Å². The van der Waals surface area contributed by atoms with E-state index in [1.165, 1.54) is 25.7 Å². The zero-order valence-corrected chi connectivity index (χ0v) is 18.9. The predicted molar refractivity (Wildman–Crippen MR) is 111 cm³/mol. The second-order valence-electron chi connectivity index (χ2n) is 11.3. The molecule has 2 aliphatic carbocycles. The van der Waals surface area contributed by atoms with Crippen LogP contribution in [-0.4, -0.2) is 24.9 Å². The molecular weight excluding hydrogens is 320 g/mol. The van der Waals surface area contributed by atoms with E-state index in [-0.39, 0.29) is 0 Å². The van der Waals surface area contributed by atoms with Crippen molar-refractivity contribution in [2.45, 2.75) is 119 Å². The largest absolute Gasteiger partial charge is 0.378 e. The van der Waals surface area contributed by atoms with Crippen LogP contribution in [0.3, 0.4) is 0 Å². The Morgan fingerprint density at radius 3 is 1.92 bits per heavy atom. The molecule has 2 rings (SSSR count). The van der Waals surface area contributed by atoms with Gasteiger partial charge < -0.3 is 9.47 Å². The number of rotatable bonds is 6. The van der Waals surface area contributed by atoms with Gasteiger partial charge in [0.15, 0.2) is 0 Å². The molecule has 2 fully saturated rings. The van der Waals surface area contributed by atoms with Crippen LogP contribution in [-0.2, 0) is 9.47 Å². The van der Waals surface area contributed by atoms with Crippen molar-refractivity contribution in [1.82, 2.24) is 0 Å². The van der Waals surface area contributed by atoms with Crippen molar-refractivity contribution >= 4 is 0 Å². The van der Waals surface area contributed by atoms with Crippen LogP contribution in [0.2, 0.25) is 0 Å². The molecule has 0 aromatic rings. The summed E-state index contributed by atoms with van der Waals surface area (Å²) in [5.74, 6) is 2.33. The number of hydrogen-bond donors (Lipinski definition) is 0. The maximum atomic E-state index is 6.46. The summed E-state index contributed by atoms with van der Waals surface area (Å²) in [7, 11) is 0. The maximum Gasteiger partial charge on any atom is 0.0606 e. The first kappa shape index (κ1) is 22.2. The van der Waals surface area contributed by atoms with Crippen LogP contribution < -0.4 is 0 Å². The summed E-state index contributed by atoms with van der Waals surface area (Å²) in [6, 6.07) is 0. The van der Waals surface area contributed by atoms with Crippen LogP contribution in [0, 0.1) is 28.6 Å². The second-order valence-corrected chi connectivity index (χ2v) is 11.3. The van der Waals surface area contributed by atoms with Gasteiger partial charge in [0, 0.05) is 0 Å². The Bertz CT molecular complexity index is 412. The summed E-state index contributed by atoms with van der Waals surface area (Å²) in [4.78, 5) is 0. The lowest BCUT2D eigenvalue weighted by Crippen LogP contribution is -2.39. The summed E-state index contributed by atoms with van der Waals surface area (Å²) in [5, 5.41) is 0. The first-order valence-corrected chi connectivity index (χ1v) is 11.3. The summed E-state index contributed by atoms with van der Waals surface area (Å²) in [6.07, 6.45) is 10.2. The Morgan fingerprint density at radius 2 is 1.42 bits per heavy atom. The van der Waals surface area contributed by atoms with E-state index in [0.29, 0.717) is 35.1 Å². The van der Waals surface area contributed by atoms with Crippen LogP contribution in [0.5, 0.6) is 0 Å². The second kappa shape index (κ2) is 8.95. The molecule has 3 unspecified atom stereocenters.